The van der Waals surface area contributed by atoms with Gasteiger partial charge < -0.3 is 20.5 Å². The summed E-state index contributed by atoms with van der Waals surface area (Å²) in [5, 5.41) is 15.6. The molecule has 1 aromatic rings. The Bertz CT molecular complexity index is 428. The maximum absolute atomic E-state index is 11.9. The van der Waals surface area contributed by atoms with E-state index in [0.29, 0.717) is 18.7 Å². The molecule has 0 aliphatic carbocycles. The van der Waals surface area contributed by atoms with Gasteiger partial charge in [0.1, 0.15) is 5.75 Å². The Kier molecular flexibility index (Phi) is 4.17. The van der Waals surface area contributed by atoms with E-state index in [0.717, 1.165) is 18.7 Å². The van der Waals surface area contributed by atoms with Crippen molar-refractivity contribution < 1.29 is 14.6 Å². The third-order valence-electron chi connectivity index (χ3n) is 2.89. The summed E-state index contributed by atoms with van der Waals surface area (Å²) in [6.07, 6.45) is -0.00495. The van der Waals surface area contributed by atoms with Crippen molar-refractivity contribution >= 4 is 5.91 Å². The molecule has 5 heteroatoms. The Morgan fingerprint density at radius 3 is 3.17 bits per heavy atom. The highest BCUT2D eigenvalue weighted by Gasteiger charge is 2.16. The first-order chi connectivity index (χ1) is 8.66. The summed E-state index contributed by atoms with van der Waals surface area (Å²) in [7, 11) is 0. The molecule has 1 fully saturated rings. The van der Waals surface area contributed by atoms with E-state index >= 15 is 0 Å². The highest BCUT2D eigenvalue weighted by molar-refractivity contribution is 5.96. The van der Waals surface area contributed by atoms with Gasteiger partial charge in [-0.2, -0.15) is 0 Å². The minimum Gasteiger partial charge on any atom is -0.507 e. The van der Waals surface area contributed by atoms with Crippen molar-refractivity contribution in [1.29, 1.82) is 0 Å². The number of carbonyl (C=O) groups is 1. The number of ether oxygens (including phenoxy) is 1. The van der Waals surface area contributed by atoms with Crippen LogP contribution >= 0.6 is 0 Å². The third-order valence-corrected chi connectivity index (χ3v) is 2.89. The van der Waals surface area contributed by atoms with Gasteiger partial charge in [0, 0.05) is 19.6 Å². The Hall–Kier alpha value is -1.59. The molecule has 1 unspecified atom stereocenters. The fourth-order valence-electron chi connectivity index (χ4n) is 1.88. The predicted molar refractivity (Wildman–Crippen MR) is 67.8 cm³/mol. The molecular weight excluding hydrogens is 232 g/mol. The van der Waals surface area contributed by atoms with E-state index in [1.807, 2.05) is 6.92 Å². The van der Waals surface area contributed by atoms with Gasteiger partial charge in [0.05, 0.1) is 18.3 Å². The summed E-state index contributed by atoms with van der Waals surface area (Å²) in [5.74, 6) is -0.272. The zero-order chi connectivity index (χ0) is 13.0. The lowest BCUT2D eigenvalue weighted by molar-refractivity contribution is 0.0287. The maximum Gasteiger partial charge on any atom is 0.255 e. The van der Waals surface area contributed by atoms with E-state index in [-0.39, 0.29) is 17.8 Å². The average molecular weight is 250 g/mol. The average Bonchev–Trinajstić information content (AvgIpc) is 2.40. The van der Waals surface area contributed by atoms with E-state index in [2.05, 4.69) is 10.6 Å². The van der Waals surface area contributed by atoms with Crippen LogP contribution in [0.3, 0.4) is 0 Å². The van der Waals surface area contributed by atoms with Crippen LogP contribution in [0.2, 0.25) is 0 Å². The number of rotatable bonds is 3. The quantitative estimate of drug-likeness (QED) is 0.727. The summed E-state index contributed by atoms with van der Waals surface area (Å²) >= 11 is 0. The number of hydrogen-bond acceptors (Lipinski definition) is 4. The van der Waals surface area contributed by atoms with Crippen molar-refractivity contribution in [2.45, 2.75) is 13.0 Å². The molecule has 3 N–H and O–H groups in total. The summed E-state index contributed by atoms with van der Waals surface area (Å²) in [5.41, 5.74) is 1.24. The Morgan fingerprint density at radius 2 is 2.44 bits per heavy atom. The van der Waals surface area contributed by atoms with Crippen LogP contribution in [-0.4, -0.2) is 43.4 Å². The molecule has 1 aliphatic rings. The van der Waals surface area contributed by atoms with Crippen LogP contribution in [-0.2, 0) is 4.74 Å². The second-order valence-electron chi connectivity index (χ2n) is 4.43. The van der Waals surface area contributed by atoms with E-state index in [1.54, 1.807) is 12.1 Å². The fourth-order valence-corrected chi connectivity index (χ4v) is 1.88. The first kappa shape index (κ1) is 12.9. The number of hydrogen-bond donors (Lipinski definition) is 3. The number of amides is 1. The molecular formula is C13H18N2O3. The Labute approximate surface area is 106 Å². The lowest BCUT2D eigenvalue weighted by Crippen LogP contribution is -2.45. The van der Waals surface area contributed by atoms with Crippen molar-refractivity contribution in [3.8, 4) is 5.75 Å². The van der Waals surface area contributed by atoms with Crippen molar-refractivity contribution in [3.05, 3.63) is 29.3 Å². The van der Waals surface area contributed by atoms with Crippen LogP contribution in [0.5, 0.6) is 5.75 Å². The summed E-state index contributed by atoms with van der Waals surface area (Å²) in [6, 6.07) is 4.97. The molecule has 98 valence electrons. The molecule has 0 radical (unpaired) electrons. The van der Waals surface area contributed by atoms with Crippen molar-refractivity contribution in [2.24, 2.45) is 0 Å². The molecule has 2 rings (SSSR count). The summed E-state index contributed by atoms with van der Waals surface area (Å²) < 4.78 is 5.48. The van der Waals surface area contributed by atoms with Gasteiger partial charge in [0.2, 0.25) is 0 Å². The van der Waals surface area contributed by atoms with Gasteiger partial charge in [0.15, 0.2) is 0 Å². The first-order valence-electron chi connectivity index (χ1n) is 6.07. The number of phenols is 1. The van der Waals surface area contributed by atoms with Crippen molar-refractivity contribution in [1.82, 2.24) is 10.6 Å². The number of morpholine rings is 1. The SMILES string of the molecule is Cc1ccc(O)c(C(=O)NCC2CNCCO2)c1. The smallest absolute Gasteiger partial charge is 0.255 e. The number of carbonyl (C=O) groups excluding carboxylic acids is 1. The van der Waals surface area contributed by atoms with Crippen LogP contribution in [0, 0.1) is 6.92 Å². The minimum atomic E-state index is -0.273. The second-order valence-corrected chi connectivity index (χ2v) is 4.43. The van der Waals surface area contributed by atoms with Crippen LogP contribution in [0.25, 0.3) is 0 Å². The van der Waals surface area contributed by atoms with Crippen LogP contribution < -0.4 is 10.6 Å². The number of benzene rings is 1. The van der Waals surface area contributed by atoms with E-state index in [9.17, 15) is 9.90 Å². The van der Waals surface area contributed by atoms with Gasteiger partial charge >= 0.3 is 0 Å². The molecule has 18 heavy (non-hydrogen) atoms. The largest absolute Gasteiger partial charge is 0.507 e. The van der Waals surface area contributed by atoms with Crippen molar-refractivity contribution in [2.75, 3.05) is 26.2 Å². The highest BCUT2D eigenvalue weighted by Crippen LogP contribution is 2.17. The summed E-state index contributed by atoms with van der Waals surface area (Å²) in [6.45, 7) is 4.57. The van der Waals surface area contributed by atoms with Gasteiger partial charge in [-0.05, 0) is 19.1 Å². The molecule has 0 spiro atoms. The van der Waals surface area contributed by atoms with Gasteiger partial charge in [-0.3, -0.25) is 4.79 Å². The van der Waals surface area contributed by atoms with Crippen LogP contribution in [0.15, 0.2) is 18.2 Å². The number of phenolic OH excluding ortho intramolecular Hbond substituents is 1. The minimum absolute atomic E-state index is 0.000729. The molecule has 1 saturated heterocycles. The molecule has 1 atom stereocenters. The molecule has 0 bridgehead atoms. The van der Waals surface area contributed by atoms with Gasteiger partial charge in [0.25, 0.3) is 5.91 Å². The van der Waals surface area contributed by atoms with Gasteiger partial charge in [-0.25, -0.2) is 0 Å². The normalized spacial score (nSPS) is 19.5. The monoisotopic (exact) mass is 250 g/mol. The lowest BCUT2D eigenvalue weighted by Gasteiger charge is -2.23. The zero-order valence-corrected chi connectivity index (χ0v) is 10.4. The summed E-state index contributed by atoms with van der Waals surface area (Å²) in [4.78, 5) is 11.9. The van der Waals surface area contributed by atoms with Crippen LogP contribution in [0.4, 0.5) is 0 Å². The molecule has 1 aromatic carbocycles. The standard InChI is InChI=1S/C13H18N2O3/c1-9-2-3-12(16)11(6-9)13(17)15-8-10-7-14-4-5-18-10/h2-3,6,10,14,16H,4-5,7-8H2,1H3,(H,15,17). The third kappa shape index (κ3) is 3.21. The predicted octanol–water partition coefficient (Wildman–Crippen LogP) is 0.419. The molecule has 5 nitrogen and oxygen atoms in total. The molecule has 1 heterocycles. The van der Waals surface area contributed by atoms with Crippen molar-refractivity contribution in [3.63, 3.8) is 0 Å². The molecule has 1 amide bonds. The fraction of sp³-hybridized carbons (Fsp3) is 0.462. The zero-order valence-electron chi connectivity index (χ0n) is 10.4. The number of aromatic hydroxyl groups is 1. The van der Waals surface area contributed by atoms with Gasteiger partial charge in [-0.1, -0.05) is 11.6 Å². The highest BCUT2D eigenvalue weighted by atomic mass is 16.5. The Morgan fingerprint density at radius 1 is 1.61 bits per heavy atom. The Balaban J connectivity index is 1.92. The van der Waals surface area contributed by atoms with E-state index in [1.165, 1.54) is 6.07 Å². The maximum atomic E-state index is 11.9. The molecule has 0 aromatic heterocycles. The first-order valence-corrected chi connectivity index (χ1v) is 6.07. The number of nitrogens with one attached hydrogen (secondary N) is 2. The van der Waals surface area contributed by atoms with Crippen LogP contribution in [0.1, 0.15) is 15.9 Å². The lowest BCUT2D eigenvalue weighted by atomic mass is 10.1. The van der Waals surface area contributed by atoms with E-state index in [4.69, 9.17) is 4.74 Å². The second kappa shape index (κ2) is 5.84. The topological polar surface area (TPSA) is 70.6 Å². The molecule has 0 saturated carbocycles. The number of aryl methyl sites for hydroxylation is 1. The van der Waals surface area contributed by atoms with Gasteiger partial charge in [-0.15, -0.1) is 0 Å². The van der Waals surface area contributed by atoms with E-state index < -0.39 is 0 Å². The molecule has 1 aliphatic heterocycles.